The van der Waals surface area contributed by atoms with E-state index >= 15 is 0 Å². The molecule has 0 aliphatic rings. The van der Waals surface area contributed by atoms with Crippen molar-refractivity contribution in [3.05, 3.63) is 46.8 Å². The lowest BCUT2D eigenvalue weighted by Crippen LogP contribution is -1.95. The fourth-order valence-electron chi connectivity index (χ4n) is 1.17. The van der Waals surface area contributed by atoms with Crippen molar-refractivity contribution in [2.24, 2.45) is 0 Å². The van der Waals surface area contributed by atoms with E-state index in [4.69, 9.17) is 26.1 Å². The highest BCUT2D eigenvalue weighted by atomic mass is 35.5. The summed E-state index contributed by atoms with van der Waals surface area (Å²) in [6.45, 7) is 0.217. The Morgan fingerprint density at radius 1 is 1.44 bits per heavy atom. The number of hydrogen-bond acceptors (Lipinski definition) is 4. The molecule has 0 saturated heterocycles. The molecule has 0 fully saturated rings. The van der Waals surface area contributed by atoms with Crippen LogP contribution < -0.4 is 4.74 Å². The van der Waals surface area contributed by atoms with Gasteiger partial charge in [-0.05, 0) is 12.1 Å². The maximum atomic E-state index is 8.86. The summed E-state index contributed by atoms with van der Waals surface area (Å²) >= 11 is 5.81. The molecule has 1 heterocycles. The fourth-order valence-corrected chi connectivity index (χ4v) is 1.34. The fraction of sp³-hybridized carbons (Fsp3) is 0.0909. The number of ether oxygens (including phenoxy) is 1. The van der Waals surface area contributed by atoms with Gasteiger partial charge in [0.1, 0.15) is 18.4 Å². The van der Waals surface area contributed by atoms with Crippen molar-refractivity contribution in [2.75, 3.05) is 0 Å². The molecule has 0 atom stereocenters. The van der Waals surface area contributed by atoms with E-state index in [1.54, 1.807) is 24.3 Å². The van der Waals surface area contributed by atoms with Gasteiger partial charge in [0, 0.05) is 17.2 Å². The van der Waals surface area contributed by atoms with Gasteiger partial charge in [-0.2, -0.15) is 5.26 Å². The van der Waals surface area contributed by atoms with E-state index in [9.17, 15) is 0 Å². The molecule has 1 aromatic carbocycles. The smallest absolute Gasteiger partial charge is 0.174 e. The summed E-state index contributed by atoms with van der Waals surface area (Å²) in [7, 11) is 0. The molecule has 0 bridgehead atoms. The molecule has 1 aromatic heterocycles. The van der Waals surface area contributed by atoms with Gasteiger partial charge in [-0.15, -0.1) is 0 Å². The third kappa shape index (κ3) is 2.33. The first kappa shape index (κ1) is 10.5. The largest absolute Gasteiger partial charge is 0.484 e. The van der Waals surface area contributed by atoms with Gasteiger partial charge in [-0.1, -0.05) is 16.8 Å². The molecule has 16 heavy (non-hydrogen) atoms. The topological polar surface area (TPSA) is 59.0 Å². The molecule has 0 saturated carbocycles. The molecular weight excluding hydrogens is 228 g/mol. The van der Waals surface area contributed by atoms with Crippen LogP contribution in [0.4, 0.5) is 0 Å². The zero-order chi connectivity index (χ0) is 11.4. The van der Waals surface area contributed by atoms with Crippen LogP contribution in [-0.4, -0.2) is 5.16 Å². The highest BCUT2D eigenvalue weighted by Crippen LogP contribution is 2.23. The van der Waals surface area contributed by atoms with E-state index in [0.717, 1.165) is 0 Å². The van der Waals surface area contributed by atoms with Gasteiger partial charge >= 0.3 is 0 Å². The highest BCUT2D eigenvalue weighted by Gasteiger charge is 2.05. The summed E-state index contributed by atoms with van der Waals surface area (Å²) in [5.41, 5.74) is 0.434. The first-order valence-electron chi connectivity index (χ1n) is 4.51. The molecule has 5 heteroatoms. The molecule has 0 amide bonds. The number of aromatic nitrogens is 1. The van der Waals surface area contributed by atoms with Crippen LogP contribution in [0.5, 0.6) is 5.75 Å². The monoisotopic (exact) mass is 234 g/mol. The van der Waals surface area contributed by atoms with Crippen molar-refractivity contribution in [3.8, 4) is 11.8 Å². The van der Waals surface area contributed by atoms with Crippen LogP contribution in [0.25, 0.3) is 0 Å². The van der Waals surface area contributed by atoms with Crippen molar-refractivity contribution in [2.45, 2.75) is 6.61 Å². The van der Waals surface area contributed by atoms with E-state index in [1.165, 1.54) is 6.20 Å². The van der Waals surface area contributed by atoms with E-state index in [0.29, 0.717) is 22.1 Å². The Morgan fingerprint density at radius 2 is 2.31 bits per heavy atom. The van der Waals surface area contributed by atoms with Gasteiger partial charge in [0.25, 0.3) is 0 Å². The van der Waals surface area contributed by atoms with E-state index in [-0.39, 0.29) is 6.61 Å². The molecule has 4 nitrogen and oxygen atoms in total. The maximum Gasteiger partial charge on any atom is 0.174 e. The normalized spacial score (nSPS) is 9.75. The number of nitrogens with zero attached hydrogens (tertiary/aromatic N) is 2. The Balaban J connectivity index is 2.15. The lowest BCUT2D eigenvalue weighted by molar-refractivity contribution is 0.249. The highest BCUT2D eigenvalue weighted by molar-refractivity contribution is 6.30. The van der Waals surface area contributed by atoms with E-state index in [1.807, 2.05) is 6.07 Å². The SMILES string of the molecule is N#Cc1ccc(Cl)cc1OCc1ccno1. The number of halogens is 1. The van der Waals surface area contributed by atoms with Gasteiger partial charge in [-0.3, -0.25) is 0 Å². The van der Waals surface area contributed by atoms with Crippen molar-refractivity contribution in [1.82, 2.24) is 5.16 Å². The molecular formula is C11H7ClN2O2. The third-order valence-corrected chi connectivity index (χ3v) is 2.16. The zero-order valence-corrected chi connectivity index (χ0v) is 8.94. The molecule has 0 radical (unpaired) electrons. The maximum absolute atomic E-state index is 8.86. The molecule has 2 aromatic rings. The number of benzene rings is 1. The van der Waals surface area contributed by atoms with Gasteiger partial charge in [0.2, 0.25) is 0 Å². The van der Waals surface area contributed by atoms with Gasteiger partial charge in [-0.25, -0.2) is 0 Å². The van der Waals surface area contributed by atoms with Crippen LogP contribution in [-0.2, 0) is 6.61 Å². The average Bonchev–Trinajstić information content (AvgIpc) is 2.79. The molecule has 0 N–H and O–H groups in total. The molecule has 80 valence electrons. The van der Waals surface area contributed by atoms with Gasteiger partial charge < -0.3 is 9.26 Å². The third-order valence-electron chi connectivity index (χ3n) is 1.93. The lowest BCUT2D eigenvalue weighted by Gasteiger charge is -2.05. The molecule has 0 spiro atoms. The first-order valence-corrected chi connectivity index (χ1v) is 4.89. The number of hydrogen-bond donors (Lipinski definition) is 0. The van der Waals surface area contributed by atoms with Crippen LogP contribution >= 0.6 is 11.6 Å². The quantitative estimate of drug-likeness (QED) is 0.819. The molecule has 0 aliphatic carbocycles. The van der Waals surface area contributed by atoms with Crippen molar-refractivity contribution >= 4 is 11.6 Å². The van der Waals surface area contributed by atoms with E-state index < -0.39 is 0 Å². The number of nitriles is 1. The summed E-state index contributed by atoms with van der Waals surface area (Å²) < 4.78 is 10.3. The average molecular weight is 235 g/mol. The first-order chi connectivity index (χ1) is 7.79. The van der Waals surface area contributed by atoms with Crippen LogP contribution in [0.3, 0.4) is 0 Å². The molecule has 0 unspecified atom stereocenters. The number of rotatable bonds is 3. The zero-order valence-electron chi connectivity index (χ0n) is 8.18. The summed E-state index contributed by atoms with van der Waals surface area (Å²) in [5.74, 6) is 1.02. The Morgan fingerprint density at radius 3 is 3.00 bits per heavy atom. The minimum atomic E-state index is 0.217. The summed E-state index contributed by atoms with van der Waals surface area (Å²) in [6.07, 6.45) is 1.53. The van der Waals surface area contributed by atoms with Gasteiger partial charge in [0.05, 0.1) is 11.8 Å². The van der Waals surface area contributed by atoms with Crippen LogP contribution in [0.15, 0.2) is 35.0 Å². The second-order valence-electron chi connectivity index (χ2n) is 3.02. The Bertz CT molecular complexity index is 517. The second kappa shape index (κ2) is 4.69. The van der Waals surface area contributed by atoms with E-state index in [2.05, 4.69) is 5.16 Å². The minimum Gasteiger partial charge on any atom is -0.484 e. The van der Waals surface area contributed by atoms with Crippen molar-refractivity contribution in [3.63, 3.8) is 0 Å². The second-order valence-corrected chi connectivity index (χ2v) is 3.46. The van der Waals surface area contributed by atoms with Crippen molar-refractivity contribution in [1.29, 1.82) is 5.26 Å². The van der Waals surface area contributed by atoms with Gasteiger partial charge in [0.15, 0.2) is 5.76 Å². The Kier molecular flexibility index (Phi) is 3.08. The van der Waals surface area contributed by atoms with Crippen LogP contribution in [0.2, 0.25) is 5.02 Å². The van der Waals surface area contributed by atoms with Crippen LogP contribution in [0.1, 0.15) is 11.3 Å². The predicted molar refractivity (Wildman–Crippen MR) is 57.0 cm³/mol. The lowest BCUT2D eigenvalue weighted by atomic mass is 10.2. The summed E-state index contributed by atoms with van der Waals surface area (Å²) in [6, 6.07) is 8.56. The Hall–Kier alpha value is -1.99. The molecule has 2 rings (SSSR count). The van der Waals surface area contributed by atoms with Crippen LogP contribution in [0, 0.1) is 11.3 Å². The summed E-state index contributed by atoms with van der Waals surface area (Å²) in [5, 5.41) is 12.9. The Labute approximate surface area is 97.0 Å². The minimum absolute atomic E-state index is 0.217. The predicted octanol–water partition coefficient (Wildman–Crippen LogP) is 2.78. The molecule has 0 aliphatic heterocycles. The standard InChI is InChI=1S/C11H7ClN2O2/c12-9-2-1-8(6-13)11(5-9)15-7-10-3-4-14-16-10/h1-5H,7H2. The summed E-state index contributed by atoms with van der Waals surface area (Å²) in [4.78, 5) is 0. The van der Waals surface area contributed by atoms with Crippen molar-refractivity contribution < 1.29 is 9.26 Å².